The monoisotopic (exact) mass is 170 g/mol. The molecule has 0 aromatic rings. The number of carbonyl (C=O) groups is 1. The van der Waals surface area contributed by atoms with E-state index in [1.165, 1.54) is 4.90 Å². The van der Waals surface area contributed by atoms with Crippen molar-refractivity contribution in [2.45, 2.75) is 19.4 Å². The third-order valence-corrected chi connectivity index (χ3v) is 2.89. The molecule has 68 valence electrons. The molecule has 0 bridgehead atoms. The molecule has 1 spiro atoms. The summed E-state index contributed by atoms with van der Waals surface area (Å²) in [6.07, 6.45) is 0.344. The van der Waals surface area contributed by atoms with Crippen molar-refractivity contribution in [3.05, 3.63) is 0 Å². The number of rotatable bonds is 0. The molecule has 2 fully saturated rings. The molecule has 0 aromatic heterocycles. The van der Waals surface area contributed by atoms with Crippen molar-refractivity contribution in [3.63, 3.8) is 0 Å². The van der Waals surface area contributed by atoms with Gasteiger partial charge in [0, 0.05) is 31.1 Å². The lowest BCUT2D eigenvalue weighted by Gasteiger charge is -2.46. The fourth-order valence-corrected chi connectivity index (χ4v) is 2.32. The van der Waals surface area contributed by atoms with Gasteiger partial charge in [-0.3, -0.25) is 0 Å². The van der Waals surface area contributed by atoms with Gasteiger partial charge in [-0.15, -0.1) is 0 Å². The Morgan fingerprint density at radius 1 is 1.67 bits per heavy atom. The largest absolute Gasteiger partial charge is 0.465 e. The van der Waals surface area contributed by atoms with Crippen LogP contribution in [0.5, 0.6) is 0 Å². The molecule has 0 aromatic carbocycles. The van der Waals surface area contributed by atoms with Crippen molar-refractivity contribution < 1.29 is 9.90 Å². The average Bonchev–Trinajstić information content (AvgIpc) is 2.27. The van der Waals surface area contributed by atoms with Crippen LogP contribution in [0.3, 0.4) is 0 Å². The highest BCUT2D eigenvalue weighted by atomic mass is 16.4. The lowest BCUT2D eigenvalue weighted by molar-refractivity contribution is 0.0227. The first-order chi connectivity index (χ1) is 5.61. The van der Waals surface area contributed by atoms with E-state index < -0.39 is 6.09 Å². The van der Waals surface area contributed by atoms with Crippen molar-refractivity contribution >= 4 is 6.09 Å². The Labute approximate surface area is 71.5 Å². The average molecular weight is 170 g/mol. The first-order valence-corrected chi connectivity index (χ1v) is 4.33. The van der Waals surface area contributed by atoms with Crippen LogP contribution in [0, 0.1) is 5.41 Å². The summed E-state index contributed by atoms with van der Waals surface area (Å²) in [4.78, 5) is 12.0. The van der Waals surface area contributed by atoms with Gasteiger partial charge in [-0.1, -0.05) is 0 Å². The van der Waals surface area contributed by atoms with E-state index >= 15 is 0 Å². The zero-order valence-electron chi connectivity index (χ0n) is 7.21. The van der Waals surface area contributed by atoms with E-state index in [1.54, 1.807) is 0 Å². The van der Waals surface area contributed by atoms with Crippen LogP contribution in [0.15, 0.2) is 0 Å². The lowest BCUT2D eigenvalue weighted by Crippen LogP contribution is -2.59. The quantitative estimate of drug-likeness (QED) is 0.551. The van der Waals surface area contributed by atoms with Crippen molar-refractivity contribution in [3.8, 4) is 0 Å². The molecular formula is C8H14N2O2. The Hall–Kier alpha value is -0.770. The SMILES string of the molecule is C[C@@H]1CC2(CN1)CN(C(=O)O)C2. The van der Waals surface area contributed by atoms with Crippen molar-refractivity contribution in [2.75, 3.05) is 19.6 Å². The summed E-state index contributed by atoms with van der Waals surface area (Å²) >= 11 is 0. The first kappa shape index (κ1) is 7.86. The zero-order valence-corrected chi connectivity index (χ0v) is 7.21. The maximum absolute atomic E-state index is 10.5. The summed E-state index contributed by atoms with van der Waals surface area (Å²) < 4.78 is 0. The van der Waals surface area contributed by atoms with Gasteiger partial charge < -0.3 is 15.3 Å². The molecule has 0 aliphatic carbocycles. The molecule has 1 amide bonds. The fourth-order valence-electron chi connectivity index (χ4n) is 2.32. The van der Waals surface area contributed by atoms with E-state index in [0.717, 1.165) is 26.1 Å². The van der Waals surface area contributed by atoms with Crippen LogP contribution in [0.4, 0.5) is 4.79 Å². The number of hydrogen-bond acceptors (Lipinski definition) is 2. The van der Waals surface area contributed by atoms with Crippen LogP contribution in [0.1, 0.15) is 13.3 Å². The van der Waals surface area contributed by atoms with E-state index in [4.69, 9.17) is 5.11 Å². The lowest BCUT2D eigenvalue weighted by atomic mass is 9.78. The van der Waals surface area contributed by atoms with E-state index in [1.807, 2.05) is 0 Å². The fraction of sp³-hybridized carbons (Fsp3) is 0.875. The summed E-state index contributed by atoms with van der Waals surface area (Å²) in [6.45, 7) is 4.58. The van der Waals surface area contributed by atoms with Crippen LogP contribution in [-0.4, -0.2) is 41.8 Å². The Morgan fingerprint density at radius 2 is 2.33 bits per heavy atom. The Morgan fingerprint density at radius 3 is 2.75 bits per heavy atom. The highest BCUT2D eigenvalue weighted by Gasteiger charge is 2.48. The van der Waals surface area contributed by atoms with Crippen LogP contribution >= 0.6 is 0 Å². The van der Waals surface area contributed by atoms with Crippen LogP contribution in [-0.2, 0) is 0 Å². The van der Waals surface area contributed by atoms with Crippen LogP contribution in [0.25, 0.3) is 0 Å². The molecule has 4 nitrogen and oxygen atoms in total. The Balaban J connectivity index is 1.91. The molecule has 12 heavy (non-hydrogen) atoms. The van der Waals surface area contributed by atoms with Crippen molar-refractivity contribution in [1.82, 2.24) is 10.2 Å². The molecule has 0 radical (unpaired) electrons. The predicted molar refractivity (Wildman–Crippen MR) is 44.1 cm³/mol. The van der Waals surface area contributed by atoms with Crippen molar-refractivity contribution in [2.24, 2.45) is 5.41 Å². The standard InChI is InChI=1S/C8H14N2O2/c1-6-2-8(3-9-6)4-10(5-8)7(11)12/h6,9H,2-5H2,1H3,(H,11,12)/t6-/m1/s1. The highest BCUT2D eigenvalue weighted by molar-refractivity contribution is 5.66. The topological polar surface area (TPSA) is 52.6 Å². The molecule has 2 N–H and O–H groups in total. The molecule has 2 aliphatic heterocycles. The minimum Gasteiger partial charge on any atom is -0.465 e. The maximum Gasteiger partial charge on any atom is 0.407 e. The Kier molecular flexibility index (Phi) is 1.54. The highest BCUT2D eigenvalue weighted by Crippen LogP contribution is 2.38. The summed E-state index contributed by atoms with van der Waals surface area (Å²) in [5.74, 6) is 0. The smallest absolute Gasteiger partial charge is 0.407 e. The van der Waals surface area contributed by atoms with Gasteiger partial charge in [0.15, 0.2) is 0 Å². The van der Waals surface area contributed by atoms with Crippen LogP contribution in [0.2, 0.25) is 0 Å². The normalized spacial score (nSPS) is 32.1. The van der Waals surface area contributed by atoms with Gasteiger partial charge in [0.1, 0.15) is 0 Å². The number of amides is 1. The van der Waals surface area contributed by atoms with Gasteiger partial charge in [0.2, 0.25) is 0 Å². The minimum absolute atomic E-state index is 0.276. The first-order valence-electron chi connectivity index (χ1n) is 4.33. The van der Waals surface area contributed by atoms with Crippen LogP contribution < -0.4 is 5.32 Å². The summed E-state index contributed by atoms with van der Waals surface area (Å²) in [6, 6.07) is 0.556. The van der Waals surface area contributed by atoms with E-state index in [9.17, 15) is 4.79 Å². The number of carboxylic acid groups (broad SMARTS) is 1. The molecular weight excluding hydrogens is 156 g/mol. The molecule has 2 saturated heterocycles. The van der Waals surface area contributed by atoms with Gasteiger partial charge in [0.05, 0.1) is 0 Å². The second kappa shape index (κ2) is 2.36. The predicted octanol–water partition coefficient (Wildman–Crippen LogP) is 0.348. The molecule has 1 atom stereocenters. The number of nitrogens with zero attached hydrogens (tertiary/aromatic N) is 1. The number of hydrogen-bond donors (Lipinski definition) is 2. The molecule has 4 heteroatoms. The summed E-state index contributed by atoms with van der Waals surface area (Å²) in [5, 5.41) is 12.0. The molecule has 0 saturated carbocycles. The van der Waals surface area contributed by atoms with Gasteiger partial charge in [-0.25, -0.2) is 4.79 Å². The van der Waals surface area contributed by atoms with Gasteiger partial charge in [-0.05, 0) is 13.3 Å². The Bertz CT molecular complexity index is 211. The summed E-state index contributed by atoms with van der Waals surface area (Å²) in [5.41, 5.74) is 0.276. The van der Waals surface area contributed by atoms with Crippen molar-refractivity contribution in [1.29, 1.82) is 0 Å². The molecule has 2 rings (SSSR count). The second-order valence-electron chi connectivity index (χ2n) is 4.12. The van der Waals surface area contributed by atoms with E-state index in [2.05, 4.69) is 12.2 Å². The molecule has 2 heterocycles. The van der Waals surface area contributed by atoms with Gasteiger partial charge in [0.25, 0.3) is 0 Å². The number of nitrogens with one attached hydrogen (secondary N) is 1. The third-order valence-electron chi connectivity index (χ3n) is 2.89. The van der Waals surface area contributed by atoms with Gasteiger partial charge in [-0.2, -0.15) is 0 Å². The third kappa shape index (κ3) is 1.06. The maximum atomic E-state index is 10.5. The second-order valence-corrected chi connectivity index (χ2v) is 4.12. The molecule has 2 aliphatic rings. The zero-order chi connectivity index (χ0) is 8.77. The molecule has 0 unspecified atom stereocenters. The minimum atomic E-state index is -0.778. The number of likely N-dealkylation sites (tertiary alicyclic amines) is 1. The van der Waals surface area contributed by atoms with Gasteiger partial charge >= 0.3 is 6.09 Å². The summed E-state index contributed by atoms with van der Waals surface area (Å²) in [7, 11) is 0. The van der Waals surface area contributed by atoms with E-state index in [-0.39, 0.29) is 5.41 Å². The van der Waals surface area contributed by atoms with E-state index in [0.29, 0.717) is 6.04 Å².